The van der Waals surface area contributed by atoms with Gasteiger partial charge in [-0.2, -0.15) is 0 Å². The zero-order chi connectivity index (χ0) is 9.47. The molecule has 0 aromatic carbocycles. The first-order chi connectivity index (χ1) is 6.16. The van der Waals surface area contributed by atoms with Crippen molar-refractivity contribution in [1.82, 2.24) is 4.98 Å². The van der Waals surface area contributed by atoms with Crippen molar-refractivity contribution in [2.45, 2.75) is 18.3 Å². The number of aliphatic hydroxyl groups is 1. The first kappa shape index (κ1) is 9.25. The highest BCUT2D eigenvalue weighted by atomic mass is 35.5. The first-order valence-corrected chi connectivity index (χ1v) is 4.86. The highest BCUT2D eigenvalue weighted by Crippen LogP contribution is 2.48. The largest absolute Gasteiger partial charge is 0.395 e. The standard InChI is InChI=1S/C9H9Cl2NO/c10-7-3-6(4-8(11)12-7)9(5-13)1-2-9/h3-4,13H,1-2,5H2. The van der Waals surface area contributed by atoms with Crippen LogP contribution in [0.3, 0.4) is 0 Å². The molecule has 1 saturated carbocycles. The molecule has 0 radical (unpaired) electrons. The summed E-state index contributed by atoms with van der Waals surface area (Å²) in [6, 6.07) is 3.55. The summed E-state index contributed by atoms with van der Waals surface area (Å²) in [7, 11) is 0. The van der Waals surface area contributed by atoms with Crippen LogP contribution in [0.1, 0.15) is 18.4 Å². The maximum Gasteiger partial charge on any atom is 0.131 e. The third-order valence-corrected chi connectivity index (χ3v) is 2.92. The Bertz CT molecular complexity index is 316. The minimum absolute atomic E-state index is 0.0871. The molecule has 1 fully saturated rings. The molecule has 1 aliphatic rings. The summed E-state index contributed by atoms with van der Waals surface area (Å²) in [6.07, 6.45) is 2.00. The normalized spacial score (nSPS) is 18.7. The summed E-state index contributed by atoms with van der Waals surface area (Å²) < 4.78 is 0. The van der Waals surface area contributed by atoms with Gasteiger partial charge in [-0.05, 0) is 30.5 Å². The molecule has 0 amide bonds. The van der Waals surface area contributed by atoms with Crippen molar-refractivity contribution in [2.75, 3.05) is 6.61 Å². The fourth-order valence-corrected chi connectivity index (χ4v) is 1.92. The van der Waals surface area contributed by atoms with Crippen LogP contribution in [0.2, 0.25) is 10.3 Å². The molecule has 2 nitrogen and oxygen atoms in total. The minimum atomic E-state index is -0.0871. The van der Waals surface area contributed by atoms with Crippen LogP contribution >= 0.6 is 23.2 Å². The van der Waals surface area contributed by atoms with Gasteiger partial charge in [-0.3, -0.25) is 0 Å². The van der Waals surface area contributed by atoms with Gasteiger partial charge in [-0.25, -0.2) is 4.98 Å². The van der Waals surface area contributed by atoms with Gasteiger partial charge in [0.25, 0.3) is 0 Å². The van der Waals surface area contributed by atoms with E-state index in [1.165, 1.54) is 0 Å². The third-order valence-electron chi connectivity index (χ3n) is 2.53. The maximum atomic E-state index is 9.19. The summed E-state index contributed by atoms with van der Waals surface area (Å²) >= 11 is 11.5. The van der Waals surface area contributed by atoms with Crippen LogP contribution < -0.4 is 0 Å². The monoisotopic (exact) mass is 217 g/mol. The second-order valence-electron chi connectivity index (χ2n) is 3.44. The number of aliphatic hydroxyl groups excluding tert-OH is 1. The van der Waals surface area contributed by atoms with E-state index < -0.39 is 0 Å². The van der Waals surface area contributed by atoms with E-state index >= 15 is 0 Å². The van der Waals surface area contributed by atoms with Crippen LogP contribution in [0.4, 0.5) is 0 Å². The number of hydrogen-bond acceptors (Lipinski definition) is 2. The SMILES string of the molecule is OCC1(c2cc(Cl)nc(Cl)c2)CC1. The van der Waals surface area contributed by atoms with Gasteiger partial charge in [0.2, 0.25) is 0 Å². The van der Waals surface area contributed by atoms with Crippen molar-refractivity contribution in [3.63, 3.8) is 0 Å². The van der Waals surface area contributed by atoms with E-state index in [0.29, 0.717) is 10.3 Å². The lowest BCUT2D eigenvalue weighted by Gasteiger charge is -2.11. The lowest BCUT2D eigenvalue weighted by atomic mass is 9.99. The molecule has 13 heavy (non-hydrogen) atoms. The minimum Gasteiger partial charge on any atom is -0.395 e. The summed E-state index contributed by atoms with van der Waals surface area (Å²) in [5.41, 5.74) is 0.913. The van der Waals surface area contributed by atoms with Gasteiger partial charge in [0.15, 0.2) is 0 Å². The molecule has 70 valence electrons. The molecule has 1 aromatic rings. The molecule has 1 aromatic heterocycles. The summed E-state index contributed by atoms with van der Waals surface area (Å²) in [5, 5.41) is 9.97. The van der Waals surface area contributed by atoms with Crippen LogP contribution in [0.25, 0.3) is 0 Å². The topological polar surface area (TPSA) is 33.1 Å². The number of rotatable bonds is 2. The molecule has 1 N–H and O–H groups in total. The fraction of sp³-hybridized carbons (Fsp3) is 0.444. The van der Waals surface area contributed by atoms with Crippen molar-refractivity contribution in [2.24, 2.45) is 0 Å². The molecule has 1 heterocycles. The molecule has 0 aliphatic heterocycles. The molecule has 0 bridgehead atoms. The van der Waals surface area contributed by atoms with Crippen molar-refractivity contribution < 1.29 is 5.11 Å². The maximum absolute atomic E-state index is 9.19. The van der Waals surface area contributed by atoms with Gasteiger partial charge in [0.05, 0.1) is 6.61 Å². The number of halogens is 2. The summed E-state index contributed by atoms with van der Waals surface area (Å²) in [6.45, 7) is 0.156. The van der Waals surface area contributed by atoms with Gasteiger partial charge in [-0.15, -0.1) is 0 Å². The molecule has 0 atom stereocenters. The molecule has 0 saturated heterocycles. The van der Waals surface area contributed by atoms with Gasteiger partial charge in [0.1, 0.15) is 10.3 Å². The Morgan fingerprint density at radius 2 is 1.85 bits per heavy atom. The molecular weight excluding hydrogens is 209 g/mol. The van der Waals surface area contributed by atoms with E-state index in [1.807, 2.05) is 0 Å². The lowest BCUT2D eigenvalue weighted by Crippen LogP contribution is -2.11. The van der Waals surface area contributed by atoms with E-state index in [0.717, 1.165) is 18.4 Å². The third kappa shape index (κ3) is 1.66. The Balaban J connectivity index is 2.40. The predicted molar refractivity (Wildman–Crippen MR) is 52.3 cm³/mol. The molecule has 0 unspecified atom stereocenters. The first-order valence-electron chi connectivity index (χ1n) is 4.11. The van der Waals surface area contributed by atoms with Crippen LogP contribution in [-0.2, 0) is 5.41 Å². The highest BCUT2D eigenvalue weighted by molar-refractivity contribution is 6.32. The smallest absolute Gasteiger partial charge is 0.131 e. The van der Waals surface area contributed by atoms with Gasteiger partial charge in [0, 0.05) is 5.41 Å². The lowest BCUT2D eigenvalue weighted by molar-refractivity contribution is 0.255. The number of pyridine rings is 1. The molecule has 0 spiro atoms. The molecule has 1 aliphatic carbocycles. The van der Waals surface area contributed by atoms with Crippen molar-refractivity contribution in [3.05, 3.63) is 28.0 Å². The van der Waals surface area contributed by atoms with E-state index in [4.69, 9.17) is 23.2 Å². The Hall–Kier alpha value is -0.310. The Morgan fingerprint density at radius 1 is 1.31 bits per heavy atom. The van der Waals surface area contributed by atoms with E-state index in [9.17, 15) is 5.11 Å². The predicted octanol–water partition coefficient (Wildman–Crippen LogP) is 2.41. The van der Waals surface area contributed by atoms with Crippen LogP contribution in [-0.4, -0.2) is 16.7 Å². The van der Waals surface area contributed by atoms with Crippen LogP contribution in [0.15, 0.2) is 12.1 Å². The van der Waals surface area contributed by atoms with E-state index in [2.05, 4.69) is 4.98 Å². The zero-order valence-electron chi connectivity index (χ0n) is 6.93. The van der Waals surface area contributed by atoms with Crippen molar-refractivity contribution in [1.29, 1.82) is 0 Å². The fourth-order valence-electron chi connectivity index (χ4n) is 1.46. The average molecular weight is 218 g/mol. The molecule has 2 rings (SSSR count). The van der Waals surface area contributed by atoms with Gasteiger partial charge >= 0.3 is 0 Å². The quantitative estimate of drug-likeness (QED) is 0.773. The zero-order valence-corrected chi connectivity index (χ0v) is 8.44. The van der Waals surface area contributed by atoms with Gasteiger partial charge in [-0.1, -0.05) is 23.2 Å². The van der Waals surface area contributed by atoms with Crippen LogP contribution in [0.5, 0.6) is 0 Å². The summed E-state index contributed by atoms with van der Waals surface area (Å²) in [5.74, 6) is 0. The number of aromatic nitrogens is 1. The van der Waals surface area contributed by atoms with E-state index in [-0.39, 0.29) is 12.0 Å². The second-order valence-corrected chi connectivity index (χ2v) is 4.21. The van der Waals surface area contributed by atoms with Crippen molar-refractivity contribution in [3.8, 4) is 0 Å². The molecular formula is C9H9Cl2NO. The Morgan fingerprint density at radius 3 is 2.23 bits per heavy atom. The second kappa shape index (κ2) is 3.12. The van der Waals surface area contributed by atoms with E-state index in [1.54, 1.807) is 12.1 Å². The van der Waals surface area contributed by atoms with Gasteiger partial charge < -0.3 is 5.11 Å². The highest BCUT2D eigenvalue weighted by Gasteiger charge is 2.44. The molecule has 4 heteroatoms. The Labute approximate surface area is 86.5 Å². The number of nitrogens with zero attached hydrogens (tertiary/aromatic N) is 1. The van der Waals surface area contributed by atoms with Crippen LogP contribution in [0, 0.1) is 0 Å². The van der Waals surface area contributed by atoms with Crippen molar-refractivity contribution >= 4 is 23.2 Å². The summed E-state index contributed by atoms with van der Waals surface area (Å²) in [4.78, 5) is 3.86. The Kier molecular flexibility index (Phi) is 2.22. The number of hydrogen-bond donors (Lipinski definition) is 1. The average Bonchev–Trinajstić information content (AvgIpc) is 2.82.